The van der Waals surface area contributed by atoms with Gasteiger partial charge in [-0.15, -0.1) is 0 Å². The molecular weight excluding hydrogens is 255 g/mol. The third-order valence-corrected chi connectivity index (χ3v) is 5.03. The van der Waals surface area contributed by atoms with E-state index in [2.05, 4.69) is 6.92 Å². The fraction of sp³-hybridized carbons (Fsp3) is 0.647. The Labute approximate surface area is 120 Å². The van der Waals surface area contributed by atoms with Crippen LogP contribution in [0, 0.1) is 17.7 Å². The molecule has 1 aliphatic heterocycles. The van der Waals surface area contributed by atoms with Gasteiger partial charge >= 0.3 is 0 Å². The molecule has 3 rings (SSSR count). The van der Waals surface area contributed by atoms with Gasteiger partial charge in [0.05, 0.1) is 17.8 Å². The maximum Gasteiger partial charge on any atom is 0.123 e. The Bertz CT molecular complexity index is 468. The van der Waals surface area contributed by atoms with Crippen LogP contribution < -0.4 is 0 Å². The second-order valence-corrected chi connectivity index (χ2v) is 6.80. The van der Waals surface area contributed by atoms with Crippen molar-refractivity contribution in [2.75, 3.05) is 0 Å². The Balaban J connectivity index is 1.83. The van der Waals surface area contributed by atoms with Gasteiger partial charge in [0.15, 0.2) is 0 Å². The third-order valence-electron chi connectivity index (χ3n) is 5.03. The van der Waals surface area contributed by atoms with Crippen LogP contribution in [-0.4, -0.2) is 16.8 Å². The van der Waals surface area contributed by atoms with Crippen molar-refractivity contribution in [1.29, 1.82) is 0 Å². The van der Waals surface area contributed by atoms with E-state index in [0.29, 0.717) is 12.3 Å². The topological polar surface area (TPSA) is 29.5 Å². The van der Waals surface area contributed by atoms with Crippen molar-refractivity contribution in [3.63, 3.8) is 0 Å². The molecule has 1 saturated heterocycles. The quantitative estimate of drug-likeness (QED) is 0.845. The summed E-state index contributed by atoms with van der Waals surface area (Å²) in [5.41, 5.74) is 0.269. The summed E-state index contributed by atoms with van der Waals surface area (Å²) < 4.78 is 19.3. The minimum atomic E-state index is -0.692. The molecule has 0 radical (unpaired) electrons. The first-order valence-corrected chi connectivity index (χ1v) is 7.59. The Morgan fingerprint density at radius 2 is 1.95 bits per heavy atom. The lowest BCUT2D eigenvalue weighted by molar-refractivity contribution is -0.197. The van der Waals surface area contributed by atoms with E-state index in [0.717, 1.165) is 18.4 Å². The van der Waals surface area contributed by atoms with E-state index in [4.69, 9.17) is 4.74 Å². The molecule has 1 unspecified atom stereocenters. The molecule has 20 heavy (non-hydrogen) atoms. The maximum atomic E-state index is 13.0. The van der Waals surface area contributed by atoms with Gasteiger partial charge < -0.3 is 9.84 Å². The van der Waals surface area contributed by atoms with E-state index in [9.17, 15) is 9.50 Å². The van der Waals surface area contributed by atoms with Gasteiger partial charge in [0.1, 0.15) is 5.82 Å². The van der Waals surface area contributed by atoms with Crippen LogP contribution in [0.25, 0.3) is 0 Å². The van der Waals surface area contributed by atoms with Gasteiger partial charge in [-0.1, -0.05) is 25.5 Å². The van der Waals surface area contributed by atoms with Crippen LogP contribution in [-0.2, 0) is 4.74 Å². The Morgan fingerprint density at radius 3 is 2.65 bits per heavy atom. The van der Waals surface area contributed by atoms with Crippen molar-refractivity contribution in [3.05, 3.63) is 35.6 Å². The van der Waals surface area contributed by atoms with E-state index in [-0.39, 0.29) is 23.9 Å². The summed E-state index contributed by atoms with van der Waals surface area (Å²) in [5.74, 6) is 0.648. The highest BCUT2D eigenvalue weighted by Crippen LogP contribution is 2.47. The van der Waals surface area contributed by atoms with Crippen LogP contribution in [0.4, 0.5) is 4.39 Å². The molecule has 110 valence electrons. The first-order chi connectivity index (χ1) is 9.45. The molecule has 0 amide bonds. The lowest BCUT2D eigenvalue weighted by Crippen LogP contribution is -2.51. The van der Waals surface area contributed by atoms with Crippen LogP contribution in [0.3, 0.4) is 0 Å². The van der Waals surface area contributed by atoms with E-state index in [1.165, 1.54) is 18.6 Å². The van der Waals surface area contributed by atoms with Gasteiger partial charge in [0.2, 0.25) is 0 Å². The molecule has 1 aromatic carbocycles. The SMILES string of the molecule is C[C@@H]1CC[C@@H]2[C@@H](C1)O[C@@H](c1ccc(F)cc1)CC2(C)O. The second kappa shape index (κ2) is 5.12. The lowest BCUT2D eigenvalue weighted by atomic mass is 9.68. The monoisotopic (exact) mass is 278 g/mol. The van der Waals surface area contributed by atoms with Crippen LogP contribution in [0.5, 0.6) is 0 Å². The molecule has 1 N–H and O–H groups in total. The van der Waals surface area contributed by atoms with Crippen molar-refractivity contribution in [2.45, 2.75) is 57.3 Å². The van der Waals surface area contributed by atoms with Crippen molar-refractivity contribution >= 4 is 0 Å². The molecule has 5 atom stereocenters. The van der Waals surface area contributed by atoms with Crippen molar-refractivity contribution in [1.82, 2.24) is 0 Å². The predicted molar refractivity (Wildman–Crippen MR) is 75.8 cm³/mol. The Kier molecular flexibility index (Phi) is 3.59. The summed E-state index contributed by atoms with van der Waals surface area (Å²) in [6.45, 7) is 4.18. The van der Waals surface area contributed by atoms with Gasteiger partial charge in [-0.2, -0.15) is 0 Å². The lowest BCUT2D eigenvalue weighted by Gasteiger charge is -2.49. The molecule has 3 heteroatoms. The fourth-order valence-corrected chi connectivity index (χ4v) is 3.85. The average Bonchev–Trinajstić information content (AvgIpc) is 2.38. The normalized spacial score (nSPS) is 41.2. The van der Waals surface area contributed by atoms with Crippen LogP contribution in [0.1, 0.15) is 51.2 Å². The number of hydrogen-bond acceptors (Lipinski definition) is 2. The minimum absolute atomic E-state index is 0.123. The second-order valence-electron chi connectivity index (χ2n) is 6.80. The van der Waals surface area contributed by atoms with E-state index in [1.807, 2.05) is 6.92 Å². The molecule has 2 nitrogen and oxygen atoms in total. The number of fused-ring (bicyclic) bond motifs is 1. The number of halogens is 1. The molecular formula is C17H23FO2. The zero-order valence-electron chi connectivity index (χ0n) is 12.2. The van der Waals surface area contributed by atoms with E-state index < -0.39 is 5.60 Å². The number of hydrogen-bond donors (Lipinski definition) is 1. The van der Waals surface area contributed by atoms with Crippen molar-refractivity contribution in [2.24, 2.45) is 11.8 Å². The Morgan fingerprint density at radius 1 is 1.25 bits per heavy atom. The Hall–Kier alpha value is -0.930. The van der Waals surface area contributed by atoms with Gasteiger partial charge in [0.25, 0.3) is 0 Å². The van der Waals surface area contributed by atoms with Crippen LogP contribution >= 0.6 is 0 Å². The van der Waals surface area contributed by atoms with Crippen LogP contribution in [0.15, 0.2) is 24.3 Å². The van der Waals surface area contributed by atoms with Gasteiger partial charge in [-0.25, -0.2) is 4.39 Å². The first kappa shape index (κ1) is 14.0. The fourth-order valence-electron chi connectivity index (χ4n) is 3.85. The smallest absolute Gasteiger partial charge is 0.123 e. The third kappa shape index (κ3) is 2.61. The van der Waals surface area contributed by atoms with Crippen LogP contribution in [0.2, 0.25) is 0 Å². The highest BCUT2D eigenvalue weighted by molar-refractivity contribution is 5.20. The zero-order valence-corrected chi connectivity index (χ0v) is 12.2. The summed E-state index contributed by atoms with van der Waals surface area (Å²) in [6.07, 6.45) is 3.80. The molecule has 1 saturated carbocycles. The highest BCUT2D eigenvalue weighted by Gasteiger charge is 2.47. The zero-order chi connectivity index (χ0) is 14.3. The van der Waals surface area contributed by atoms with Crippen molar-refractivity contribution < 1.29 is 14.2 Å². The summed E-state index contributed by atoms with van der Waals surface area (Å²) >= 11 is 0. The largest absolute Gasteiger partial charge is 0.390 e. The molecule has 2 fully saturated rings. The summed E-state index contributed by atoms with van der Waals surface area (Å²) in [4.78, 5) is 0. The average molecular weight is 278 g/mol. The number of rotatable bonds is 1. The van der Waals surface area contributed by atoms with Gasteiger partial charge in [-0.05, 0) is 43.4 Å². The minimum Gasteiger partial charge on any atom is -0.390 e. The summed E-state index contributed by atoms with van der Waals surface area (Å²) in [7, 11) is 0. The molecule has 0 spiro atoms. The summed E-state index contributed by atoms with van der Waals surface area (Å²) in [6, 6.07) is 6.46. The summed E-state index contributed by atoms with van der Waals surface area (Å²) in [5, 5.41) is 10.8. The van der Waals surface area contributed by atoms with Gasteiger partial charge in [0, 0.05) is 12.3 Å². The predicted octanol–water partition coefficient (Wildman–Crippen LogP) is 3.84. The molecule has 2 aliphatic rings. The highest BCUT2D eigenvalue weighted by atomic mass is 19.1. The van der Waals surface area contributed by atoms with E-state index in [1.54, 1.807) is 12.1 Å². The number of aliphatic hydroxyl groups is 1. The number of benzene rings is 1. The van der Waals surface area contributed by atoms with E-state index >= 15 is 0 Å². The van der Waals surface area contributed by atoms with Crippen molar-refractivity contribution in [3.8, 4) is 0 Å². The maximum absolute atomic E-state index is 13.0. The van der Waals surface area contributed by atoms with Gasteiger partial charge in [-0.3, -0.25) is 0 Å². The molecule has 0 bridgehead atoms. The standard InChI is InChI=1S/C17H23FO2/c1-11-3-8-14-15(9-11)20-16(10-17(14,2)19)12-4-6-13(18)7-5-12/h4-7,11,14-16,19H,3,8-10H2,1-2H3/t11-,14-,15-,16-,17?/m1/s1. The number of ether oxygens (including phenoxy) is 1. The first-order valence-electron chi connectivity index (χ1n) is 7.59. The molecule has 1 aromatic rings. The molecule has 1 aliphatic carbocycles. The molecule has 0 aromatic heterocycles. The molecule has 1 heterocycles.